The second-order valence-corrected chi connectivity index (χ2v) is 3.83. The van der Waals surface area contributed by atoms with Crippen molar-refractivity contribution in [3.8, 4) is 0 Å². The minimum absolute atomic E-state index is 0.0145. The van der Waals surface area contributed by atoms with Gasteiger partial charge in [0.15, 0.2) is 0 Å². The van der Waals surface area contributed by atoms with Crippen LogP contribution in [0.1, 0.15) is 19.3 Å². The predicted molar refractivity (Wildman–Crippen MR) is 47.1 cm³/mol. The molecule has 0 aromatic carbocycles. The average Bonchev–Trinajstić information content (AvgIpc) is 2.74. The molecule has 2 rings (SSSR count). The summed E-state index contributed by atoms with van der Waals surface area (Å²) in [6, 6.07) is 0.496. The van der Waals surface area contributed by atoms with Gasteiger partial charge in [-0.25, -0.2) is 0 Å². The summed E-state index contributed by atoms with van der Waals surface area (Å²) < 4.78 is 0. The minimum atomic E-state index is -0.0429. The highest BCUT2D eigenvalue weighted by molar-refractivity contribution is 5.84. The summed E-state index contributed by atoms with van der Waals surface area (Å²) in [5, 5.41) is 5.86. The summed E-state index contributed by atoms with van der Waals surface area (Å²) in [5.41, 5.74) is 0. The lowest BCUT2D eigenvalue weighted by molar-refractivity contribution is -0.125. The van der Waals surface area contributed by atoms with E-state index in [0.717, 1.165) is 12.8 Å². The summed E-state index contributed by atoms with van der Waals surface area (Å²) in [5.74, 6) is 0.482. The molecule has 1 aliphatic carbocycles. The van der Waals surface area contributed by atoms with Crippen LogP contribution in [-0.2, 0) is 9.59 Å². The van der Waals surface area contributed by atoms with Crippen LogP contribution in [0.15, 0.2) is 0 Å². The summed E-state index contributed by atoms with van der Waals surface area (Å²) in [6.45, 7) is 0.133. The third kappa shape index (κ3) is 1.58. The molecule has 1 aliphatic heterocycles. The number of carbonyl (C=O) groups excluding carboxylic acids is 2. The average molecular weight is 182 g/mol. The molecule has 1 amide bonds. The molecule has 0 aromatic rings. The van der Waals surface area contributed by atoms with Crippen LogP contribution in [0.2, 0.25) is 0 Å². The van der Waals surface area contributed by atoms with Gasteiger partial charge in [-0.1, -0.05) is 0 Å². The van der Waals surface area contributed by atoms with Gasteiger partial charge in [0, 0.05) is 6.04 Å². The van der Waals surface area contributed by atoms with Crippen molar-refractivity contribution in [2.45, 2.75) is 31.3 Å². The van der Waals surface area contributed by atoms with Crippen molar-refractivity contribution in [3.05, 3.63) is 0 Å². The smallest absolute Gasteiger partial charge is 0.237 e. The molecule has 0 aromatic heterocycles. The van der Waals surface area contributed by atoms with E-state index in [2.05, 4.69) is 10.6 Å². The zero-order valence-electron chi connectivity index (χ0n) is 7.45. The molecule has 72 valence electrons. The molecule has 3 unspecified atom stereocenters. The molecule has 2 bridgehead atoms. The van der Waals surface area contributed by atoms with E-state index in [0.29, 0.717) is 18.2 Å². The Morgan fingerprint density at radius 1 is 1.54 bits per heavy atom. The number of carbonyl (C=O) groups is 2. The number of rotatable bonds is 3. The molecule has 4 heteroatoms. The van der Waals surface area contributed by atoms with E-state index in [1.807, 2.05) is 0 Å². The third-order valence-corrected chi connectivity index (χ3v) is 3.00. The van der Waals surface area contributed by atoms with E-state index < -0.39 is 0 Å². The van der Waals surface area contributed by atoms with Gasteiger partial charge in [0.2, 0.25) is 5.91 Å². The standard InChI is InChI=1S/C9H14N2O2/c12-4-3-10-9(13)8-6-1-2-7(5-6)11-8/h4,6-8,11H,1-3,5H2,(H,10,13). The van der Waals surface area contributed by atoms with Gasteiger partial charge in [0.25, 0.3) is 0 Å². The van der Waals surface area contributed by atoms with Crippen molar-refractivity contribution >= 4 is 12.2 Å². The van der Waals surface area contributed by atoms with Gasteiger partial charge in [-0.15, -0.1) is 0 Å². The topological polar surface area (TPSA) is 58.2 Å². The van der Waals surface area contributed by atoms with Gasteiger partial charge >= 0.3 is 0 Å². The highest BCUT2D eigenvalue weighted by Crippen LogP contribution is 2.35. The first-order valence-electron chi connectivity index (χ1n) is 4.78. The van der Waals surface area contributed by atoms with Crippen molar-refractivity contribution in [1.82, 2.24) is 10.6 Å². The number of hydrogen-bond donors (Lipinski definition) is 2. The van der Waals surface area contributed by atoms with E-state index >= 15 is 0 Å². The maximum Gasteiger partial charge on any atom is 0.237 e. The largest absolute Gasteiger partial charge is 0.348 e. The van der Waals surface area contributed by atoms with Crippen LogP contribution in [0.3, 0.4) is 0 Å². The van der Waals surface area contributed by atoms with Crippen LogP contribution in [0.5, 0.6) is 0 Å². The summed E-state index contributed by atoms with van der Waals surface area (Å²) in [6.07, 6.45) is 4.18. The summed E-state index contributed by atoms with van der Waals surface area (Å²) in [4.78, 5) is 21.5. The Morgan fingerprint density at radius 3 is 2.92 bits per heavy atom. The monoisotopic (exact) mass is 182 g/mol. The maximum absolute atomic E-state index is 11.5. The Kier molecular flexibility index (Phi) is 2.31. The molecule has 1 saturated carbocycles. The number of fused-ring (bicyclic) bond motifs is 2. The first-order chi connectivity index (χ1) is 6.31. The molecule has 13 heavy (non-hydrogen) atoms. The van der Waals surface area contributed by atoms with Gasteiger partial charge in [-0.2, -0.15) is 0 Å². The van der Waals surface area contributed by atoms with Crippen LogP contribution in [0.25, 0.3) is 0 Å². The van der Waals surface area contributed by atoms with Crippen molar-refractivity contribution in [1.29, 1.82) is 0 Å². The molecule has 4 nitrogen and oxygen atoms in total. The normalized spacial score (nSPS) is 36.2. The lowest BCUT2D eigenvalue weighted by Gasteiger charge is -2.21. The van der Waals surface area contributed by atoms with Crippen LogP contribution in [-0.4, -0.2) is 30.8 Å². The molecule has 1 heterocycles. The second-order valence-electron chi connectivity index (χ2n) is 3.83. The molecular formula is C9H14N2O2. The number of amides is 1. The highest BCUT2D eigenvalue weighted by Gasteiger charge is 2.42. The van der Waals surface area contributed by atoms with E-state index in [-0.39, 0.29) is 18.5 Å². The quantitative estimate of drug-likeness (QED) is 0.575. The Hall–Kier alpha value is -0.900. The van der Waals surface area contributed by atoms with Crippen LogP contribution in [0.4, 0.5) is 0 Å². The molecule has 2 N–H and O–H groups in total. The molecule has 2 aliphatic rings. The Bertz CT molecular complexity index is 230. The number of nitrogens with one attached hydrogen (secondary N) is 2. The zero-order chi connectivity index (χ0) is 9.26. The van der Waals surface area contributed by atoms with Gasteiger partial charge in [-0.05, 0) is 25.2 Å². The Labute approximate surface area is 77.1 Å². The van der Waals surface area contributed by atoms with Crippen molar-refractivity contribution < 1.29 is 9.59 Å². The lowest BCUT2D eigenvalue weighted by Crippen LogP contribution is -2.47. The van der Waals surface area contributed by atoms with Crippen molar-refractivity contribution in [3.63, 3.8) is 0 Å². The fraction of sp³-hybridized carbons (Fsp3) is 0.778. The first-order valence-corrected chi connectivity index (χ1v) is 4.78. The van der Waals surface area contributed by atoms with Gasteiger partial charge in [-0.3, -0.25) is 4.79 Å². The SMILES string of the molecule is O=CCNC(=O)C1NC2CCC1C2. The zero-order valence-corrected chi connectivity index (χ0v) is 7.45. The van der Waals surface area contributed by atoms with Crippen LogP contribution < -0.4 is 10.6 Å². The van der Waals surface area contributed by atoms with Gasteiger partial charge in [0.1, 0.15) is 6.29 Å². The fourth-order valence-electron chi connectivity index (χ4n) is 2.40. The summed E-state index contributed by atoms with van der Waals surface area (Å²) in [7, 11) is 0. The van der Waals surface area contributed by atoms with E-state index in [1.54, 1.807) is 0 Å². The Morgan fingerprint density at radius 2 is 2.38 bits per heavy atom. The van der Waals surface area contributed by atoms with Gasteiger partial charge in [0.05, 0.1) is 12.6 Å². The van der Waals surface area contributed by atoms with E-state index in [1.165, 1.54) is 6.42 Å². The maximum atomic E-state index is 11.5. The molecule has 0 spiro atoms. The number of aldehydes is 1. The van der Waals surface area contributed by atoms with Crippen molar-refractivity contribution in [2.24, 2.45) is 5.92 Å². The van der Waals surface area contributed by atoms with Crippen LogP contribution >= 0.6 is 0 Å². The fourth-order valence-corrected chi connectivity index (χ4v) is 2.40. The summed E-state index contributed by atoms with van der Waals surface area (Å²) >= 11 is 0. The molecule has 1 saturated heterocycles. The highest BCUT2D eigenvalue weighted by atomic mass is 16.2. The van der Waals surface area contributed by atoms with Gasteiger partial charge < -0.3 is 15.4 Å². The Balaban J connectivity index is 1.87. The second kappa shape index (κ2) is 3.46. The lowest BCUT2D eigenvalue weighted by atomic mass is 9.99. The molecular weight excluding hydrogens is 168 g/mol. The third-order valence-electron chi connectivity index (χ3n) is 3.00. The predicted octanol–water partition coefficient (Wildman–Crippen LogP) is -0.558. The molecule has 2 fully saturated rings. The first kappa shape index (κ1) is 8.69. The van der Waals surface area contributed by atoms with Crippen LogP contribution in [0, 0.1) is 5.92 Å². The van der Waals surface area contributed by atoms with E-state index in [4.69, 9.17) is 0 Å². The molecule has 3 atom stereocenters. The number of hydrogen-bond acceptors (Lipinski definition) is 3. The van der Waals surface area contributed by atoms with Crippen molar-refractivity contribution in [2.75, 3.05) is 6.54 Å². The van der Waals surface area contributed by atoms with E-state index in [9.17, 15) is 9.59 Å². The number of piperidine rings is 1. The molecule has 0 radical (unpaired) electrons. The minimum Gasteiger partial charge on any atom is -0.348 e.